The van der Waals surface area contributed by atoms with E-state index in [-0.39, 0.29) is 12.1 Å². The molecule has 1 atom stereocenters. The molecule has 0 amide bonds. The number of thioether (sulfide) groups is 1. The molecule has 0 saturated heterocycles. The van der Waals surface area contributed by atoms with Gasteiger partial charge in [0.15, 0.2) is 0 Å². The van der Waals surface area contributed by atoms with Crippen molar-refractivity contribution in [2.45, 2.75) is 52.6 Å². The van der Waals surface area contributed by atoms with Crippen LogP contribution < -0.4 is 5.32 Å². The SMILES string of the molecule is CC(C)CSCC(C)NC(C)(C)CCO. The predicted molar refractivity (Wildman–Crippen MR) is 70.5 cm³/mol. The average Bonchev–Trinajstić information content (AvgIpc) is 2.01. The second-order valence-electron chi connectivity index (χ2n) is 5.33. The van der Waals surface area contributed by atoms with Gasteiger partial charge in [0.1, 0.15) is 0 Å². The highest BCUT2D eigenvalue weighted by atomic mass is 32.2. The molecule has 0 radical (unpaired) electrons. The van der Waals surface area contributed by atoms with Gasteiger partial charge in [-0.2, -0.15) is 11.8 Å². The van der Waals surface area contributed by atoms with Crippen LogP contribution in [-0.4, -0.2) is 34.8 Å². The van der Waals surface area contributed by atoms with Gasteiger partial charge < -0.3 is 10.4 Å². The second-order valence-corrected chi connectivity index (χ2v) is 6.41. The van der Waals surface area contributed by atoms with Gasteiger partial charge in [0.25, 0.3) is 0 Å². The lowest BCUT2D eigenvalue weighted by atomic mass is 10.0. The minimum absolute atomic E-state index is 0.0482. The first-order valence-electron chi connectivity index (χ1n) is 5.83. The van der Waals surface area contributed by atoms with Crippen LogP contribution in [-0.2, 0) is 0 Å². The van der Waals surface area contributed by atoms with Gasteiger partial charge in [-0.25, -0.2) is 0 Å². The number of aliphatic hydroxyl groups excluding tert-OH is 1. The molecule has 0 aromatic rings. The highest BCUT2D eigenvalue weighted by molar-refractivity contribution is 7.99. The molecule has 0 fully saturated rings. The lowest BCUT2D eigenvalue weighted by Gasteiger charge is -2.29. The first-order chi connectivity index (χ1) is 6.87. The largest absolute Gasteiger partial charge is 0.396 e. The van der Waals surface area contributed by atoms with Crippen molar-refractivity contribution in [2.75, 3.05) is 18.1 Å². The first-order valence-corrected chi connectivity index (χ1v) is 6.99. The van der Waals surface area contributed by atoms with Crippen molar-refractivity contribution in [3.8, 4) is 0 Å². The third-order valence-electron chi connectivity index (χ3n) is 2.19. The van der Waals surface area contributed by atoms with E-state index in [2.05, 4.69) is 39.9 Å². The van der Waals surface area contributed by atoms with E-state index < -0.39 is 0 Å². The van der Waals surface area contributed by atoms with Crippen LogP contribution in [0.25, 0.3) is 0 Å². The van der Waals surface area contributed by atoms with E-state index in [1.807, 2.05) is 11.8 Å². The molecule has 0 heterocycles. The number of aliphatic hydroxyl groups is 1. The molecular weight excluding hydrogens is 206 g/mol. The molecule has 15 heavy (non-hydrogen) atoms. The quantitative estimate of drug-likeness (QED) is 0.676. The zero-order valence-electron chi connectivity index (χ0n) is 10.8. The number of nitrogens with one attached hydrogen (secondary N) is 1. The smallest absolute Gasteiger partial charge is 0.0448 e. The second kappa shape index (κ2) is 7.53. The Kier molecular flexibility index (Phi) is 7.66. The third-order valence-corrected chi connectivity index (χ3v) is 3.83. The molecule has 0 aliphatic carbocycles. The minimum Gasteiger partial charge on any atom is -0.396 e. The highest BCUT2D eigenvalue weighted by Crippen LogP contribution is 2.13. The molecule has 2 nitrogen and oxygen atoms in total. The van der Waals surface area contributed by atoms with Crippen LogP contribution in [0.15, 0.2) is 0 Å². The van der Waals surface area contributed by atoms with E-state index in [0.29, 0.717) is 6.04 Å². The number of hydrogen-bond donors (Lipinski definition) is 2. The summed E-state index contributed by atoms with van der Waals surface area (Å²) >= 11 is 2.00. The normalized spacial score (nSPS) is 14.6. The molecule has 2 N–H and O–H groups in total. The monoisotopic (exact) mass is 233 g/mol. The summed E-state index contributed by atoms with van der Waals surface area (Å²) in [5.41, 5.74) is 0.0482. The molecule has 0 rings (SSSR count). The molecule has 3 heteroatoms. The summed E-state index contributed by atoms with van der Waals surface area (Å²) in [4.78, 5) is 0. The van der Waals surface area contributed by atoms with Crippen LogP contribution in [0.2, 0.25) is 0 Å². The van der Waals surface area contributed by atoms with Gasteiger partial charge in [0.05, 0.1) is 0 Å². The molecule has 0 aromatic heterocycles. The Hall–Kier alpha value is 0.270. The minimum atomic E-state index is 0.0482. The maximum absolute atomic E-state index is 8.92. The average molecular weight is 233 g/mol. The maximum atomic E-state index is 8.92. The van der Waals surface area contributed by atoms with E-state index >= 15 is 0 Å². The summed E-state index contributed by atoms with van der Waals surface area (Å²) in [6.45, 7) is 11.3. The van der Waals surface area contributed by atoms with Crippen LogP contribution >= 0.6 is 11.8 Å². The number of hydrogen-bond acceptors (Lipinski definition) is 3. The Morgan fingerprint density at radius 1 is 1.20 bits per heavy atom. The first kappa shape index (κ1) is 15.3. The molecule has 0 bridgehead atoms. The fourth-order valence-electron chi connectivity index (χ4n) is 1.54. The zero-order chi connectivity index (χ0) is 11.9. The predicted octanol–water partition coefficient (Wildman–Crippen LogP) is 2.51. The van der Waals surface area contributed by atoms with Crippen molar-refractivity contribution in [1.82, 2.24) is 5.32 Å². The summed E-state index contributed by atoms with van der Waals surface area (Å²) in [6.07, 6.45) is 0.812. The van der Waals surface area contributed by atoms with Crippen LogP contribution in [0.5, 0.6) is 0 Å². The topological polar surface area (TPSA) is 32.3 Å². The van der Waals surface area contributed by atoms with Crippen LogP contribution in [0.3, 0.4) is 0 Å². The van der Waals surface area contributed by atoms with Crippen LogP contribution in [0, 0.1) is 5.92 Å². The molecule has 0 aliphatic rings. The van der Waals surface area contributed by atoms with Crippen LogP contribution in [0.4, 0.5) is 0 Å². The molecule has 92 valence electrons. The third kappa shape index (κ3) is 9.21. The van der Waals surface area contributed by atoms with E-state index in [4.69, 9.17) is 5.11 Å². The molecule has 0 aromatic carbocycles. The van der Waals surface area contributed by atoms with Crippen molar-refractivity contribution in [2.24, 2.45) is 5.92 Å². The van der Waals surface area contributed by atoms with Crippen molar-refractivity contribution in [1.29, 1.82) is 0 Å². The van der Waals surface area contributed by atoms with E-state index in [1.54, 1.807) is 0 Å². The van der Waals surface area contributed by atoms with E-state index in [9.17, 15) is 0 Å². The highest BCUT2D eigenvalue weighted by Gasteiger charge is 2.18. The van der Waals surface area contributed by atoms with Gasteiger partial charge in [0.2, 0.25) is 0 Å². The van der Waals surface area contributed by atoms with Gasteiger partial charge >= 0.3 is 0 Å². The summed E-state index contributed by atoms with van der Waals surface area (Å²) < 4.78 is 0. The van der Waals surface area contributed by atoms with Gasteiger partial charge in [-0.3, -0.25) is 0 Å². The molecular formula is C12H27NOS. The molecule has 0 aliphatic heterocycles. The van der Waals surface area contributed by atoms with Gasteiger partial charge in [0, 0.05) is 23.9 Å². The maximum Gasteiger partial charge on any atom is 0.0448 e. The molecule has 1 unspecified atom stereocenters. The van der Waals surface area contributed by atoms with Crippen molar-refractivity contribution < 1.29 is 5.11 Å². The van der Waals surface area contributed by atoms with Gasteiger partial charge in [-0.05, 0) is 38.9 Å². The van der Waals surface area contributed by atoms with Crippen molar-refractivity contribution in [3.05, 3.63) is 0 Å². The zero-order valence-corrected chi connectivity index (χ0v) is 11.7. The van der Waals surface area contributed by atoms with Crippen molar-refractivity contribution >= 4 is 11.8 Å². The lowest BCUT2D eigenvalue weighted by molar-refractivity contribution is 0.224. The Labute approximate surface area is 99.2 Å². The summed E-state index contributed by atoms with van der Waals surface area (Å²) in [5, 5.41) is 12.5. The molecule has 0 spiro atoms. The van der Waals surface area contributed by atoms with Crippen LogP contribution in [0.1, 0.15) is 41.0 Å². The Balaban J connectivity index is 3.67. The molecule has 0 saturated carbocycles. The fraction of sp³-hybridized carbons (Fsp3) is 1.00. The Bertz CT molecular complexity index is 160. The number of rotatable bonds is 8. The Morgan fingerprint density at radius 2 is 1.80 bits per heavy atom. The van der Waals surface area contributed by atoms with E-state index in [0.717, 1.165) is 18.1 Å². The van der Waals surface area contributed by atoms with Crippen molar-refractivity contribution in [3.63, 3.8) is 0 Å². The van der Waals surface area contributed by atoms with E-state index in [1.165, 1.54) is 5.75 Å². The fourth-order valence-corrected chi connectivity index (χ4v) is 2.59. The summed E-state index contributed by atoms with van der Waals surface area (Å²) in [7, 11) is 0. The summed E-state index contributed by atoms with van der Waals surface area (Å²) in [5.74, 6) is 3.15. The summed E-state index contributed by atoms with van der Waals surface area (Å²) in [6, 6.07) is 0.510. The van der Waals surface area contributed by atoms with Gasteiger partial charge in [-0.15, -0.1) is 0 Å². The van der Waals surface area contributed by atoms with Gasteiger partial charge in [-0.1, -0.05) is 13.8 Å². The Morgan fingerprint density at radius 3 is 2.27 bits per heavy atom. The standard InChI is InChI=1S/C12H27NOS/c1-10(2)8-15-9-11(3)13-12(4,5)6-7-14/h10-11,13-14H,6-9H2,1-5H3. The lowest BCUT2D eigenvalue weighted by Crippen LogP contribution is -2.46.